The molecule has 1 heterocycles. The molecule has 1 aliphatic heterocycles. The van der Waals surface area contributed by atoms with E-state index in [2.05, 4.69) is 5.32 Å². The third kappa shape index (κ3) is 1.95. The molecule has 1 amide bonds. The summed E-state index contributed by atoms with van der Waals surface area (Å²) in [5.74, 6) is 1.25. The molecule has 1 fully saturated rings. The molecule has 0 radical (unpaired) electrons. The van der Waals surface area contributed by atoms with E-state index in [1.54, 1.807) is 6.07 Å². The van der Waals surface area contributed by atoms with E-state index in [0.717, 1.165) is 18.0 Å². The van der Waals surface area contributed by atoms with Gasteiger partial charge in [0.25, 0.3) is 5.91 Å². The fourth-order valence-corrected chi connectivity index (χ4v) is 3.41. The number of carbonyl (C=O) groups excluding carboxylic acids is 1. The van der Waals surface area contributed by atoms with Crippen LogP contribution in [0.5, 0.6) is 0 Å². The summed E-state index contributed by atoms with van der Waals surface area (Å²) in [6.45, 7) is 0.790. The second-order valence-electron chi connectivity index (χ2n) is 5.09. The molecule has 3 rings (SSSR count). The van der Waals surface area contributed by atoms with Crippen LogP contribution in [-0.4, -0.2) is 12.5 Å². The summed E-state index contributed by atoms with van der Waals surface area (Å²) in [6.07, 6.45) is 5.25. The average molecular weight is 250 g/mol. The summed E-state index contributed by atoms with van der Waals surface area (Å²) in [7, 11) is 0. The summed E-state index contributed by atoms with van der Waals surface area (Å²) in [5, 5.41) is 3.64. The zero-order valence-electron chi connectivity index (χ0n) is 9.71. The number of rotatable bonds is 1. The molecule has 2 aliphatic rings. The molecule has 1 saturated carbocycles. The fourth-order valence-electron chi connectivity index (χ4n) is 3.24. The lowest BCUT2D eigenvalue weighted by molar-refractivity contribution is 0.0934. The average Bonchev–Trinajstić information content (AvgIpc) is 2.84. The normalized spacial score (nSPS) is 24.5. The lowest BCUT2D eigenvalue weighted by Gasteiger charge is -2.30. The van der Waals surface area contributed by atoms with Gasteiger partial charge in [0.15, 0.2) is 0 Å². The molecule has 0 saturated heterocycles. The van der Waals surface area contributed by atoms with Crippen LogP contribution in [0.4, 0.5) is 0 Å². The van der Waals surface area contributed by atoms with E-state index < -0.39 is 0 Å². The topological polar surface area (TPSA) is 29.1 Å². The molecule has 0 spiro atoms. The van der Waals surface area contributed by atoms with E-state index in [9.17, 15) is 4.79 Å². The monoisotopic (exact) mass is 249 g/mol. The Morgan fingerprint density at radius 2 is 2.00 bits per heavy atom. The summed E-state index contributed by atoms with van der Waals surface area (Å²) in [4.78, 5) is 11.8. The van der Waals surface area contributed by atoms with Crippen LogP contribution < -0.4 is 5.32 Å². The number of halogens is 1. The van der Waals surface area contributed by atoms with E-state index in [1.807, 2.05) is 12.1 Å². The zero-order chi connectivity index (χ0) is 11.8. The van der Waals surface area contributed by atoms with E-state index in [4.69, 9.17) is 11.6 Å². The lowest BCUT2D eigenvalue weighted by Crippen LogP contribution is -2.37. The molecule has 1 aromatic rings. The number of carbonyl (C=O) groups is 1. The number of benzene rings is 1. The van der Waals surface area contributed by atoms with Crippen LogP contribution in [0.1, 0.15) is 47.5 Å². The standard InChI is InChI=1S/C14H16ClNO/c15-10-5-6-11-12(7-10)14(17)16-8-13(11)9-3-1-2-4-9/h5-7,9,13H,1-4,8H2,(H,16,17). The molecule has 1 unspecified atom stereocenters. The van der Waals surface area contributed by atoms with Crippen molar-refractivity contribution in [2.45, 2.75) is 31.6 Å². The first-order valence-corrected chi connectivity index (χ1v) is 6.71. The Kier molecular flexibility index (Phi) is 2.83. The van der Waals surface area contributed by atoms with Gasteiger partial charge in [0.1, 0.15) is 0 Å². The highest BCUT2D eigenvalue weighted by Gasteiger charge is 2.32. The molecular formula is C14H16ClNO. The third-order valence-corrected chi connectivity index (χ3v) is 4.35. The minimum absolute atomic E-state index is 0.0248. The van der Waals surface area contributed by atoms with Crippen LogP contribution >= 0.6 is 11.6 Å². The van der Waals surface area contributed by atoms with Crippen LogP contribution in [0.3, 0.4) is 0 Å². The van der Waals surface area contributed by atoms with Crippen molar-refractivity contribution < 1.29 is 4.79 Å². The van der Waals surface area contributed by atoms with Gasteiger partial charge >= 0.3 is 0 Å². The fraction of sp³-hybridized carbons (Fsp3) is 0.500. The molecule has 1 atom stereocenters. The van der Waals surface area contributed by atoms with Crippen molar-refractivity contribution >= 4 is 17.5 Å². The van der Waals surface area contributed by atoms with Crippen molar-refractivity contribution in [1.29, 1.82) is 0 Å². The maximum absolute atomic E-state index is 11.8. The van der Waals surface area contributed by atoms with Crippen molar-refractivity contribution in [3.05, 3.63) is 34.3 Å². The molecule has 1 aliphatic carbocycles. The summed E-state index contributed by atoms with van der Waals surface area (Å²) >= 11 is 5.97. The molecule has 0 bridgehead atoms. The number of hydrogen-bond donors (Lipinski definition) is 1. The van der Waals surface area contributed by atoms with Gasteiger partial charge in [0.05, 0.1) is 0 Å². The van der Waals surface area contributed by atoms with Gasteiger partial charge in [-0.25, -0.2) is 0 Å². The number of nitrogens with one attached hydrogen (secondary N) is 1. The Morgan fingerprint density at radius 1 is 1.24 bits per heavy atom. The second kappa shape index (κ2) is 4.34. The first-order chi connectivity index (χ1) is 8.25. The second-order valence-corrected chi connectivity index (χ2v) is 5.53. The van der Waals surface area contributed by atoms with Gasteiger partial charge in [-0.1, -0.05) is 30.5 Å². The van der Waals surface area contributed by atoms with Crippen molar-refractivity contribution in [2.24, 2.45) is 5.92 Å². The molecule has 1 aromatic carbocycles. The summed E-state index contributed by atoms with van der Waals surface area (Å²) in [6, 6.07) is 5.74. The van der Waals surface area contributed by atoms with E-state index in [0.29, 0.717) is 10.9 Å². The van der Waals surface area contributed by atoms with E-state index in [-0.39, 0.29) is 5.91 Å². The Labute approximate surface area is 106 Å². The van der Waals surface area contributed by atoms with Crippen LogP contribution in [-0.2, 0) is 0 Å². The maximum Gasteiger partial charge on any atom is 0.251 e. The van der Waals surface area contributed by atoms with Gasteiger partial charge in [-0.15, -0.1) is 0 Å². The minimum Gasteiger partial charge on any atom is -0.351 e. The molecular weight excluding hydrogens is 234 g/mol. The van der Waals surface area contributed by atoms with Crippen molar-refractivity contribution in [2.75, 3.05) is 6.54 Å². The molecule has 0 aromatic heterocycles. The van der Waals surface area contributed by atoms with Gasteiger partial charge in [-0.3, -0.25) is 4.79 Å². The molecule has 17 heavy (non-hydrogen) atoms. The van der Waals surface area contributed by atoms with Crippen LogP contribution in [0.25, 0.3) is 0 Å². The van der Waals surface area contributed by atoms with Crippen LogP contribution in [0.15, 0.2) is 18.2 Å². The highest BCUT2D eigenvalue weighted by molar-refractivity contribution is 6.31. The smallest absolute Gasteiger partial charge is 0.251 e. The predicted molar refractivity (Wildman–Crippen MR) is 68.5 cm³/mol. The highest BCUT2D eigenvalue weighted by Crippen LogP contribution is 2.40. The quantitative estimate of drug-likeness (QED) is 0.813. The minimum atomic E-state index is 0.0248. The number of fused-ring (bicyclic) bond motifs is 1. The molecule has 3 heteroatoms. The maximum atomic E-state index is 11.8. The van der Waals surface area contributed by atoms with Gasteiger partial charge < -0.3 is 5.32 Å². The lowest BCUT2D eigenvalue weighted by atomic mass is 9.80. The Balaban J connectivity index is 1.99. The van der Waals surface area contributed by atoms with Crippen molar-refractivity contribution in [3.8, 4) is 0 Å². The molecule has 2 nitrogen and oxygen atoms in total. The van der Waals surface area contributed by atoms with E-state index in [1.165, 1.54) is 31.2 Å². The zero-order valence-corrected chi connectivity index (χ0v) is 10.5. The van der Waals surface area contributed by atoms with Gasteiger partial charge in [-0.05, 0) is 36.5 Å². The third-order valence-electron chi connectivity index (χ3n) is 4.11. The number of amides is 1. The van der Waals surface area contributed by atoms with E-state index >= 15 is 0 Å². The Bertz CT molecular complexity index is 452. The first-order valence-electron chi connectivity index (χ1n) is 6.33. The largest absolute Gasteiger partial charge is 0.351 e. The first kappa shape index (κ1) is 11.1. The van der Waals surface area contributed by atoms with Gasteiger partial charge in [-0.2, -0.15) is 0 Å². The Hall–Kier alpha value is -1.02. The van der Waals surface area contributed by atoms with Gasteiger partial charge in [0.2, 0.25) is 0 Å². The number of hydrogen-bond acceptors (Lipinski definition) is 1. The molecule has 90 valence electrons. The predicted octanol–water partition coefficient (Wildman–Crippen LogP) is 3.36. The SMILES string of the molecule is O=C1NCC(C2CCCC2)c2ccc(Cl)cc21. The van der Waals surface area contributed by atoms with Crippen LogP contribution in [0, 0.1) is 5.92 Å². The van der Waals surface area contributed by atoms with Crippen molar-refractivity contribution in [3.63, 3.8) is 0 Å². The Morgan fingerprint density at radius 3 is 2.76 bits per heavy atom. The molecule has 1 N–H and O–H groups in total. The van der Waals surface area contributed by atoms with Gasteiger partial charge in [0, 0.05) is 23.0 Å². The summed E-state index contributed by atoms with van der Waals surface area (Å²) in [5.41, 5.74) is 1.98. The van der Waals surface area contributed by atoms with Crippen LogP contribution in [0.2, 0.25) is 5.02 Å². The summed E-state index contributed by atoms with van der Waals surface area (Å²) < 4.78 is 0. The highest BCUT2D eigenvalue weighted by atomic mass is 35.5. The van der Waals surface area contributed by atoms with Crippen molar-refractivity contribution in [1.82, 2.24) is 5.32 Å².